The number of hydrogen-bond acceptors (Lipinski definition) is 5. The van der Waals surface area contributed by atoms with Crippen molar-refractivity contribution < 1.29 is 23.5 Å². The van der Waals surface area contributed by atoms with E-state index in [9.17, 15) is 9.59 Å². The van der Waals surface area contributed by atoms with E-state index < -0.39 is 11.9 Å². The number of nitrogens with two attached hydrogens (primary N) is 1. The summed E-state index contributed by atoms with van der Waals surface area (Å²) in [6, 6.07) is 8.53. The van der Waals surface area contributed by atoms with E-state index in [-0.39, 0.29) is 24.5 Å². The van der Waals surface area contributed by atoms with Crippen molar-refractivity contribution in [1.82, 2.24) is 0 Å². The molecule has 1 heterocycles. The van der Waals surface area contributed by atoms with Gasteiger partial charge in [0.2, 0.25) is 11.7 Å². The second-order valence-electron chi connectivity index (χ2n) is 6.16. The predicted molar refractivity (Wildman–Crippen MR) is 113 cm³/mol. The van der Waals surface area contributed by atoms with Crippen LogP contribution in [0.25, 0.3) is 10.1 Å². The quantitative estimate of drug-likeness (QED) is 0.429. The van der Waals surface area contributed by atoms with Crippen LogP contribution >= 0.6 is 22.9 Å². The summed E-state index contributed by atoms with van der Waals surface area (Å²) in [7, 11) is 0. The Morgan fingerprint density at radius 1 is 1.31 bits per heavy atom. The topological polar surface area (TPSA) is 89.9 Å². The van der Waals surface area contributed by atoms with Crippen LogP contribution in [-0.2, 0) is 15.8 Å². The van der Waals surface area contributed by atoms with Crippen LogP contribution in [0, 0.1) is 6.92 Å². The molecule has 0 aliphatic carbocycles. The van der Waals surface area contributed by atoms with Crippen molar-refractivity contribution in [3.8, 4) is 11.5 Å². The third-order valence-electron chi connectivity index (χ3n) is 4.27. The molecule has 1 amide bonds. The first-order chi connectivity index (χ1) is 13.9. The normalized spacial score (nSPS) is 10.7. The van der Waals surface area contributed by atoms with E-state index in [1.54, 1.807) is 26.0 Å². The highest BCUT2D eigenvalue weighted by Gasteiger charge is 2.24. The average molecular weight is 433 g/mol. The van der Waals surface area contributed by atoms with Gasteiger partial charge in [-0.15, -0.1) is 11.3 Å². The summed E-state index contributed by atoms with van der Waals surface area (Å²) in [6.07, 6.45) is 0. The van der Waals surface area contributed by atoms with Gasteiger partial charge in [-0.3, -0.25) is 4.79 Å². The first-order valence-corrected chi connectivity index (χ1v) is 9.93. The number of halogens is 1. The summed E-state index contributed by atoms with van der Waals surface area (Å²) >= 11 is 7.70. The molecular weight excluding hydrogens is 414 g/mol. The van der Waals surface area contributed by atoms with Gasteiger partial charge in [0, 0.05) is 31.8 Å². The third-order valence-corrected chi connectivity index (χ3v) is 5.76. The Labute approximate surface area is 176 Å². The molecule has 0 unspecified atom stereocenters. The summed E-state index contributed by atoms with van der Waals surface area (Å²) in [5, 5.41) is 1.26. The molecule has 0 spiro atoms. The van der Waals surface area contributed by atoms with Crippen molar-refractivity contribution in [2.24, 2.45) is 5.73 Å². The lowest BCUT2D eigenvalue weighted by molar-refractivity contribution is -0.356. The number of thiophene rings is 1. The molecule has 2 aromatic carbocycles. The Kier molecular flexibility index (Phi) is 6.20. The lowest BCUT2D eigenvalue weighted by Gasteiger charge is -2.10. The second-order valence-corrected chi connectivity index (χ2v) is 7.62. The fraction of sp³-hybridized carbons (Fsp3) is 0.190. The van der Waals surface area contributed by atoms with Crippen LogP contribution < -0.4 is 10.5 Å². The largest absolute Gasteiger partial charge is 0.480 e. The number of fused-ring (bicyclic) bond motifs is 1. The molecule has 150 valence electrons. The van der Waals surface area contributed by atoms with Crippen molar-refractivity contribution in [3.05, 3.63) is 56.9 Å². The van der Waals surface area contributed by atoms with Gasteiger partial charge >= 0.3 is 11.7 Å². The molecule has 2 N–H and O–H groups in total. The van der Waals surface area contributed by atoms with Crippen LogP contribution in [0.4, 0.5) is 0 Å². The number of rotatable bonds is 7. The van der Waals surface area contributed by atoms with E-state index in [0.717, 1.165) is 10.1 Å². The molecule has 0 bridgehead atoms. The number of benzene rings is 2. The number of carbonyl (C=O) groups is 2. The van der Waals surface area contributed by atoms with Crippen LogP contribution in [0.3, 0.4) is 0 Å². The van der Waals surface area contributed by atoms with Gasteiger partial charge in [0.15, 0.2) is 0 Å². The molecule has 0 aliphatic rings. The molecule has 0 atom stereocenters. The van der Waals surface area contributed by atoms with E-state index >= 15 is 0 Å². The zero-order valence-corrected chi connectivity index (χ0v) is 17.5. The third kappa shape index (κ3) is 4.11. The van der Waals surface area contributed by atoms with Crippen molar-refractivity contribution in [1.29, 1.82) is 0 Å². The van der Waals surface area contributed by atoms with Gasteiger partial charge in [-0.2, -0.15) is 0 Å². The van der Waals surface area contributed by atoms with Crippen LogP contribution in [-0.4, -0.2) is 25.3 Å². The number of primary amides is 1. The maximum absolute atomic E-state index is 12.5. The fourth-order valence-electron chi connectivity index (χ4n) is 2.99. The first kappa shape index (κ1) is 20.8. The Hall–Kier alpha value is -2.90. The zero-order valence-electron chi connectivity index (χ0n) is 15.9. The van der Waals surface area contributed by atoms with Gasteiger partial charge in [-0.25, -0.2) is 9.22 Å². The van der Waals surface area contributed by atoms with E-state index in [1.807, 2.05) is 12.1 Å². The predicted octanol–water partition coefficient (Wildman–Crippen LogP) is 4.80. The minimum Gasteiger partial charge on any atom is -0.480 e. The van der Waals surface area contributed by atoms with E-state index in [4.69, 9.17) is 31.2 Å². The average Bonchev–Trinajstić information content (AvgIpc) is 3.06. The number of hydrogen-bond donors (Lipinski definition) is 1. The number of aryl methyl sites for hydroxylation is 1. The summed E-state index contributed by atoms with van der Waals surface area (Å²) in [5.41, 5.74) is 6.90. The molecule has 0 radical (unpaired) electrons. The molecule has 1 aromatic heterocycles. The Bertz CT molecular complexity index is 1120. The minimum atomic E-state index is -0.585. The van der Waals surface area contributed by atoms with Gasteiger partial charge in [0.25, 0.3) is 6.79 Å². The Morgan fingerprint density at radius 3 is 2.72 bits per heavy atom. The summed E-state index contributed by atoms with van der Waals surface area (Å²) in [6.45, 7) is 7.22. The first-order valence-electron chi connectivity index (χ1n) is 8.73. The molecule has 0 aliphatic heterocycles. The SMILES string of the molecule is C=[O+]c1cc(C(N)=O)cc(C)c1OCc1c(C(=O)OCC)sc2cccc(Cl)c12. The minimum absolute atomic E-state index is 0.0466. The molecule has 6 nitrogen and oxygen atoms in total. The number of ether oxygens (including phenoxy) is 2. The maximum Gasteiger partial charge on any atom is 0.394 e. The summed E-state index contributed by atoms with van der Waals surface area (Å²) in [5.74, 6) is -0.357. The summed E-state index contributed by atoms with van der Waals surface area (Å²) < 4.78 is 17.2. The van der Waals surface area contributed by atoms with Crippen LogP contribution in [0.5, 0.6) is 11.5 Å². The fourth-order valence-corrected chi connectivity index (χ4v) is 4.46. The molecule has 8 heteroatoms. The van der Waals surface area contributed by atoms with E-state index in [2.05, 4.69) is 6.79 Å². The van der Waals surface area contributed by atoms with Gasteiger partial charge in [0.1, 0.15) is 11.5 Å². The maximum atomic E-state index is 12.5. The van der Waals surface area contributed by atoms with E-state index in [1.165, 1.54) is 17.4 Å². The highest BCUT2D eigenvalue weighted by Crippen LogP contribution is 2.39. The van der Waals surface area contributed by atoms with Crippen molar-refractivity contribution >= 4 is 51.7 Å². The van der Waals surface area contributed by atoms with E-state index in [0.29, 0.717) is 26.8 Å². The van der Waals surface area contributed by atoms with Crippen LogP contribution in [0.1, 0.15) is 38.1 Å². The number of esters is 1. The zero-order chi connectivity index (χ0) is 21.1. The Morgan fingerprint density at radius 2 is 2.07 bits per heavy atom. The smallest absolute Gasteiger partial charge is 0.394 e. The van der Waals surface area contributed by atoms with Crippen molar-refractivity contribution in [2.45, 2.75) is 20.5 Å². The van der Waals surface area contributed by atoms with Gasteiger partial charge in [0.05, 0.1) is 12.7 Å². The second kappa shape index (κ2) is 8.63. The number of carbonyl (C=O) groups excluding carboxylic acids is 3. The Balaban J connectivity index is 2.05. The van der Waals surface area contributed by atoms with Crippen LogP contribution in [0.15, 0.2) is 30.3 Å². The van der Waals surface area contributed by atoms with Crippen molar-refractivity contribution in [3.63, 3.8) is 0 Å². The summed E-state index contributed by atoms with van der Waals surface area (Å²) in [4.78, 5) is 24.4. The lowest BCUT2D eigenvalue weighted by Crippen LogP contribution is -2.11. The molecule has 0 saturated carbocycles. The monoisotopic (exact) mass is 432 g/mol. The molecule has 0 fully saturated rings. The standard InChI is InChI=1S/C21H18ClNO5S/c1-4-27-21(25)19-13(17-14(22)6-5-7-16(17)29-19)10-28-18-11(2)8-12(20(23)24)9-15(18)26-3/h5-9H,3-4,10H2,1-2H3,(H-,23,24)/p+1. The molecule has 3 aromatic rings. The molecule has 0 saturated heterocycles. The highest BCUT2D eigenvalue weighted by atomic mass is 35.5. The molecule has 3 rings (SSSR count). The molecule has 29 heavy (non-hydrogen) atoms. The van der Waals surface area contributed by atoms with Gasteiger partial charge in [-0.1, -0.05) is 17.7 Å². The number of amides is 1. The lowest BCUT2D eigenvalue weighted by atomic mass is 10.1. The van der Waals surface area contributed by atoms with Crippen LogP contribution in [0.2, 0.25) is 5.02 Å². The van der Waals surface area contributed by atoms with Gasteiger partial charge in [-0.05, 0) is 32.0 Å². The van der Waals surface area contributed by atoms with Gasteiger partial charge < -0.3 is 15.2 Å². The highest BCUT2D eigenvalue weighted by molar-refractivity contribution is 7.21. The molecular formula is C21H19ClNO5S+. The van der Waals surface area contributed by atoms with Crippen molar-refractivity contribution in [2.75, 3.05) is 6.61 Å².